The molecule has 0 N–H and O–H groups in total. The Balaban J connectivity index is 1.53. The van der Waals surface area contributed by atoms with Gasteiger partial charge in [0.25, 0.3) is 5.56 Å². The zero-order valence-electron chi connectivity index (χ0n) is 20.0. The number of nitrogens with zero attached hydrogens (tertiary/aromatic N) is 6. The van der Waals surface area contributed by atoms with Crippen molar-refractivity contribution in [3.05, 3.63) is 70.5 Å². The molecular weight excluding hydrogens is 481 g/mol. The Morgan fingerprint density at radius 1 is 1.03 bits per heavy atom. The highest BCUT2D eigenvalue weighted by Crippen LogP contribution is 2.41. The number of pyridine rings is 1. The Bertz CT molecular complexity index is 1740. The predicted octanol–water partition coefficient (Wildman–Crippen LogP) is 5.44. The summed E-state index contributed by atoms with van der Waals surface area (Å²) in [7, 11) is 1.78. The minimum absolute atomic E-state index is 0.183. The molecule has 2 fully saturated rings. The van der Waals surface area contributed by atoms with E-state index in [2.05, 4.69) is 15.2 Å². The Morgan fingerprint density at radius 2 is 1.84 bits per heavy atom. The molecule has 37 heavy (non-hydrogen) atoms. The van der Waals surface area contributed by atoms with Crippen molar-refractivity contribution in [2.75, 3.05) is 0 Å². The lowest BCUT2D eigenvalue weighted by atomic mass is 10.1. The number of benzene rings is 1. The first kappa shape index (κ1) is 22.3. The van der Waals surface area contributed by atoms with E-state index < -0.39 is 17.3 Å². The van der Waals surface area contributed by atoms with Gasteiger partial charge in [0.2, 0.25) is 0 Å². The fourth-order valence-corrected chi connectivity index (χ4v) is 5.07. The molecule has 188 valence electrons. The maximum Gasteiger partial charge on any atom is 0.420 e. The first-order valence-electron chi connectivity index (χ1n) is 12.4. The van der Waals surface area contributed by atoms with E-state index in [4.69, 9.17) is 0 Å². The molecule has 2 saturated carbocycles. The van der Waals surface area contributed by atoms with Crippen LogP contribution in [0.3, 0.4) is 0 Å². The van der Waals surface area contributed by atoms with Gasteiger partial charge in [-0.1, -0.05) is 6.07 Å². The summed E-state index contributed by atoms with van der Waals surface area (Å²) >= 11 is 0. The molecule has 4 aromatic heterocycles. The number of hydrogen-bond acceptors (Lipinski definition) is 4. The third kappa shape index (κ3) is 3.82. The quantitative estimate of drug-likeness (QED) is 0.320. The number of hydrogen-bond donors (Lipinski definition) is 0. The average Bonchev–Trinajstić information content (AvgIpc) is 3.78. The third-order valence-corrected chi connectivity index (χ3v) is 7.27. The normalized spacial score (nSPS) is 16.2. The summed E-state index contributed by atoms with van der Waals surface area (Å²) in [4.78, 5) is 18.6. The van der Waals surface area contributed by atoms with Crippen molar-refractivity contribution in [1.82, 2.24) is 29.1 Å². The molecule has 1 aromatic carbocycles. The van der Waals surface area contributed by atoms with Crippen LogP contribution in [0.1, 0.15) is 42.9 Å². The number of aromatic nitrogens is 6. The highest BCUT2D eigenvalue weighted by Gasteiger charge is 2.38. The molecule has 0 unspecified atom stereocenters. The van der Waals surface area contributed by atoms with Gasteiger partial charge in [0.15, 0.2) is 0 Å². The van der Waals surface area contributed by atoms with E-state index >= 15 is 0 Å². The van der Waals surface area contributed by atoms with Gasteiger partial charge in [-0.2, -0.15) is 28.1 Å². The van der Waals surface area contributed by atoms with E-state index in [0.29, 0.717) is 35.1 Å². The molecule has 2 aliphatic rings. The summed E-state index contributed by atoms with van der Waals surface area (Å²) < 4.78 is 47.0. The van der Waals surface area contributed by atoms with Crippen LogP contribution in [-0.2, 0) is 19.8 Å². The number of rotatable bonds is 5. The van der Waals surface area contributed by atoms with Gasteiger partial charge in [0.1, 0.15) is 11.1 Å². The second-order valence-electron chi connectivity index (χ2n) is 10.2. The second kappa shape index (κ2) is 7.77. The van der Waals surface area contributed by atoms with Gasteiger partial charge in [-0.15, -0.1) is 0 Å². The maximum atomic E-state index is 14.2. The molecule has 0 bridgehead atoms. The lowest BCUT2D eigenvalue weighted by molar-refractivity contribution is -0.136. The van der Waals surface area contributed by atoms with Crippen molar-refractivity contribution in [3.8, 4) is 16.8 Å². The smallest absolute Gasteiger partial charge is 0.345 e. The zero-order chi connectivity index (χ0) is 25.5. The molecule has 0 radical (unpaired) electrons. The highest BCUT2D eigenvalue weighted by atomic mass is 19.4. The standard InChI is InChI=1S/C27H23F3N6O/c1-34-13-18-10-19(7-9-22(18)32-34)36-26(37)23(17-6-8-21(31-11-17)16-4-5-16)25-24(33-36)20(27(28,29)30)14-35(25)12-15-2-3-15/h6-11,13-16H,2-5,12H2,1H3. The highest BCUT2D eigenvalue weighted by molar-refractivity contribution is 5.94. The van der Waals surface area contributed by atoms with Crippen molar-refractivity contribution in [3.63, 3.8) is 0 Å². The molecule has 5 aromatic rings. The Hall–Kier alpha value is -3.95. The molecule has 2 aliphatic carbocycles. The average molecular weight is 505 g/mol. The van der Waals surface area contributed by atoms with Crippen molar-refractivity contribution in [1.29, 1.82) is 0 Å². The van der Waals surface area contributed by atoms with Gasteiger partial charge >= 0.3 is 6.18 Å². The largest absolute Gasteiger partial charge is 0.420 e. The third-order valence-electron chi connectivity index (χ3n) is 7.27. The minimum atomic E-state index is -4.62. The summed E-state index contributed by atoms with van der Waals surface area (Å²) in [6.45, 7) is 0.417. The van der Waals surface area contributed by atoms with E-state index in [-0.39, 0.29) is 16.6 Å². The summed E-state index contributed by atoms with van der Waals surface area (Å²) in [6.07, 6.45) is 3.97. The van der Waals surface area contributed by atoms with E-state index in [1.807, 2.05) is 6.07 Å². The predicted molar refractivity (Wildman–Crippen MR) is 133 cm³/mol. The van der Waals surface area contributed by atoms with Gasteiger partial charge < -0.3 is 4.57 Å². The first-order chi connectivity index (χ1) is 17.8. The van der Waals surface area contributed by atoms with Crippen LogP contribution < -0.4 is 5.56 Å². The van der Waals surface area contributed by atoms with Gasteiger partial charge in [-0.3, -0.25) is 14.5 Å². The Morgan fingerprint density at radius 3 is 2.51 bits per heavy atom. The van der Waals surface area contributed by atoms with E-state index in [0.717, 1.165) is 47.6 Å². The monoisotopic (exact) mass is 504 g/mol. The lowest BCUT2D eigenvalue weighted by Crippen LogP contribution is -2.24. The van der Waals surface area contributed by atoms with Crippen LogP contribution in [0, 0.1) is 5.92 Å². The molecule has 7 nitrogen and oxygen atoms in total. The topological polar surface area (TPSA) is 70.5 Å². The summed E-state index contributed by atoms with van der Waals surface area (Å²) in [5.41, 5.74) is 1.35. The molecular formula is C27H23F3N6O. The van der Waals surface area contributed by atoms with Gasteiger partial charge in [-0.25, -0.2) is 0 Å². The number of alkyl halides is 3. The van der Waals surface area contributed by atoms with Crippen molar-refractivity contribution in [2.24, 2.45) is 13.0 Å². The molecule has 0 spiro atoms. The van der Waals surface area contributed by atoms with Crippen LogP contribution in [0.15, 0.2) is 53.7 Å². The van der Waals surface area contributed by atoms with Crippen LogP contribution >= 0.6 is 0 Å². The minimum Gasteiger partial charge on any atom is -0.345 e. The van der Waals surface area contributed by atoms with Crippen LogP contribution in [0.5, 0.6) is 0 Å². The van der Waals surface area contributed by atoms with Crippen molar-refractivity contribution in [2.45, 2.75) is 44.3 Å². The van der Waals surface area contributed by atoms with Gasteiger partial charge in [0, 0.05) is 54.7 Å². The van der Waals surface area contributed by atoms with Crippen molar-refractivity contribution >= 4 is 21.9 Å². The lowest BCUT2D eigenvalue weighted by Gasteiger charge is -2.13. The first-order valence-corrected chi connectivity index (χ1v) is 12.4. The second-order valence-corrected chi connectivity index (χ2v) is 10.2. The van der Waals surface area contributed by atoms with Crippen LogP contribution in [-0.4, -0.2) is 29.1 Å². The number of fused-ring (bicyclic) bond motifs is 2. The van der Waals surface area contributed by atoms with E-state index in [1.165, 1.54) is 0 Å². The molecule has 0 atom stereocenters. The summed E-state index contributed by atoms with van der Waals surface area (Å²) in [5, 5.41) is 9.43. The molecule has 7 rings (SSSR count). The number of halogens is 3. The molecule has 10 heteroatoms. The molecule has 0 amide bonds. The van der Waals surface area contributed by atoms with E-state index in [9.17, 15) is 18.0 Å². The zero-order valence-corrected chi connectivity index (χ0v) is 20.0. The van der Waals surface area contributed by atoms with Crippen LogP contribution in [0.4, 0.5) is 13.2 Å². The fourth-order valence-electron chi connectivity index (χ4n) is 5.07. The summed E-state index contributed by atoms with van der Waals surface area (Å²) in [5.74, 6) is 0.722. The SMILES string of the molecule is Cn1cc2cc(-n3nc4c(C(F)(F)F)cn(CC5CC5)c4c(-c4ccc(C5CC5)nc4)c3=O)ccc2n1. The molecule has 0 aliphatic heterocycles. The molecule has 4 heterocycles. The number of aryl methyl sites for hydroxylation is 1. The van der Waals surface area contributed by atoms with Gasteiger partial charge in [0.05, 0.1) is 22.3 Å². The van der Waals surface area contributed by atoms with E-state index in [1.54, 1.807) is 53.0 Å². The Kier molecular flexibility index (Phi) is 4.68. The molecule has 0 saturated heterocycles. The fraction of sp³-hybridized carbons (Fsp3) is 0.333. The van der Waals surface area contributed by atoms with Crippen LogP contribution in [0.25, 0.3) is 38.8 Å². The van der Waals surface area contributed by atoms with Gasteiger partial charge in [-0.05, 0) is 55.9 Å². The maximum absolute atomic E-state index is 14.2. The van der Waals surface area contributed by atoms with Crippen LogP contribution in [0.2, 0.25) is 0 Å². The Labute approximate surface area is 209 Å². The summed E-state index contributed by atoms with van der Waals surface area (Å²) in [6, 6.07) is 8.78. The van der Waals surface area contributed by atoms with Crippen molar-refractivity contribution < 1.29 is 13.2 Å².